The molecular formula is C12H15N3O4. The minimum atomic E-state index is -0.756. The van der Waals surface area contributed by atoms with Crippen molar-refractivity contribution in [1.82, 2.24) is 9.97 Å². The fourth-order valence-electron chi connectivity index (χ4n) is 2.07. The van der Waals surface area contributed by atoms with Gasteiger partial charge in [-0.05, 0) is 12.8 Å². The van der Waals surface area contributed by atoms with Crippen molar-refractivity contribution in [2.75, 3.05) is 25.1 Å². The molecule has 0 spiro atoms. The number of carboxylic acid groups (broad SMARTS) is 1. The highest BCUT2D eigenvalue weighted by atomic mass is 16.5. The number of aliphatic carboxylic acids is 1. The van der Waals surface area contributed by atoms with Crippen LogP contribution in [0.1, 0.15) is 23.3 Å². The molecule has 0 aliphatic carbocycles. The molecule has 1 aliphatic heterocycles. The number of ether oxygens (including phenoxy) is 1. The van der Waals surface area contributed by atoms with E-state index in [1.807, 2.05) is 4.90 Å². The zero-order valence-electron chi connectivity index (χ0n) is 10.6. The molecule has 1 saturated heterocycles. The standard InChI is InChI=1S/C12H15N3O4/c1-19-12(18)9-6-13-7-10(14-9)15-4-2-8(3-5-15)11(16)17/h6-8H,2-5H2,1H3,(H,16,17). The maximum absolute atomic E-state index is 11.4. The van der Waals surface area contributed by atoms with Gasteiger partial charge in [-0.3, -0.25) is 9.78 Å². The summed E-state index contributed by atoms with van der Waals surface area (Å²) >= 11 is 0. The Balaban J connectivity index is 2.07. The van der Waals surface area contributed by atoms with Crippen LogP contribution in [0.3, 0.4) is 0 Å². The number of carbonyl (C=O) groups excluding carboxylic acids is 1. The van der Waals surface area contributed by atoms with Crippen molar-refractivity contribution in [1.29, 1.82) is 0 Å². The third kappa shape index (κ3) is 2.98. The van der Waals surface area contributed by atoms with E-state index < -0.39 is 11.9 Å². The molecular weight excluding hydrogens is 250 g/mol. The van der Waals surface area contributed by atoms with Crippen LogP contribution in [0.5, 0.6) is 0 Å². The maximum Gasteiger partial charge on any atom is 0.358 e. The van der Waals surface area contributed by atoms with Crippen LogP contribution in [0.4, 0.5) is 5.82 Å². The van der Waals surface area contributed by atoms with Gasteiger partial charge in [0.2, 0.25) is 0 Å². The number of hydrogen-bond donors (Lipinski definition) is 1. The monoisotopic (exact) mass is 265 g/mol. The predicted molar refractivity (Wildman–Crippen MR) is 65.9 cm³/mol. The van der Waals surface area contributed by atoms with Crippen LogP contribution in [0, 0.1) is 5.92 Å². The Morgan fingerprint density at radius 1 is 1.37 bits per heavy atom. The van der Waals surface area contributed by atoms with Crippen LogP contribution in [-0.4, -0.2) is 47.2 Å². The highest BCUT2D eigenvalue weighted by Gasteiger charge is 2.25. The average molecular weight is 265 g/mol. The first-order valence-corrected chi connectivity index (χ1v) is 6.00. The number of aromatic nitrogens is 2. The fraction of sp³-hybridized carbons (Fsp3) is 0.500. The van der Waals surface area contributed by atoms with Gasteiger partial charge in [-0.15, -0.1) is 0 Å². The molecule has 7 heteroatoms. The zero-order valence-corrected chi connectivity index (χ0v) is 10.6. The molecule has 0 amide bonds. The van der Waals surface area contributed by atoms with Crippen LogP contribution < -0.4 is 4.90 Å². The van der Waals surface area contributed by atoms with Gasteiger partial charge in [-0.1, -0.05) is 0 Å². The van der Waals surface area contributed by atoms with Crippen molar-refractivity contribution >= 4 is 17.8 Å². The molecule has 1 N–H and O–H groups in total. The topological polar surface area (TPSA) is 92.6 Å². The van der Waals surface area contributed by atoms with Crippen molar-refractivity contribution in [2.45, 2.75) is 12.8 Å². The number of hydrogen-bond acceptors (Lipinski definition) is 6. The molecule has 1 aromatic rings. The Bertz CT molecular complexity index is 484. The number of esters is 1. The third-order valence-corrected chi connectivity index (χ3v) is 3.18. The SMILES string of the molecule is COC(=O)c1cncc(N2CCC(C(=O)O)CC2)n1. The van der Waals surface area contributed by atoms with Crippen molar-refractivity contribution in [3.8, 4) is 0 Å². The van der Waals surface area contributed by atoms with E-state index >= 15 is 0 Å². The third-order valence-electron chi connectivity index (χ3n) is 3.18. The molecule has 0 aromatic carbocycles. The Morgan fingerprint density at radius 3 is 2.63 bits per heavy atom. The largest absolute Gasteiger partial charge is 0.481 e. The lowest BCUT2D eigenvalue weighted by molar-refractivity contribution is -0.142. The van der Waals surface area contributed by atoms with Gasteiger partial charge in [0.05, 0.1) is 25.4 Å². The van der Waals surface area contributed by atoms with Crippen molar-refractivity contribution in [3.05, 3.63) is 18.1 Å². The van der Waals surface area contributed by atoms with Crippen LogP contribution in [-0.2, 0) is 9.53 Å². The fourth-order valence-corrected chi connectivity index (χ4v) is 2.07. The van der Waals surface area contributed by atoms with Crippen LogP contribution >= 0.6 is 0 Å². The van der Waals surface area contributed by atoms with Crippen LogP contribution in [0.15, 0.2) is 12.4 Å². The molecule has 0 radical (unpaired) electrons. The average Bonchev–Trinajstić information content (AvgIpc) is 2.46. The van der Waals surface area contributed by atoms with Gasteiger partial charge in [0, 0.05) is 13.1 Å². The lowest BCUT2D eigenvalue weighted by Crippen LogP contribution is -2.37. The van der Waals surface area contributed by atoms with E-state index in [1.54, 1.807) is 6.20 Å². The minimum absolute atomic E-state index is 0.153. The lowest BCUT2D eigenvalue weighted by atomic mass is 9.97. The minimum Gasteiger partial charge on any atom is -0.481 e. The van der Waals surface area contributed by atoms with Crippen LogP contribution in [0.2, 0.25) is 0 Å². The summed E-state index contributed by atoms with van der Waals surface area (Å²) in [7, 11) is 1.29. The number of methoxy groups -OCH3 is 1. The zero-order chi connectivity index (χ0) is 13.8. The first-order chi connectivity index (χ1) is 9.11. The number of carbonyl (C=O) groups is 2. The first-order valence-electron chi connectivity index (χ1n) is 6.00. The van der Waals surface area contributed by atoms with Gasteiger partial charge in [0.1, 0.15) is 5.82 Å². The van der Waals surface area contributed by atoms with Crippen molar-refractivity contribution < 1.29 is 19.4 Å². The first kappa shape index (κ1) is 13.3. The molecule has 0 atom stereocenters. The summed E-state index contributed by atoms with van der Waals surface area (Å²) < 4.78 is 4.59. The van der Waals surface area contributed by atoms with Crippen molar-refractivity contribution in [3.63, 3.8) is 0 Å². The molecule has 2 rings (SSSR count). The van der Waals surface area contributed by atoms with Gasteiger partial charge in [0.25, 0.3) is 0 Å². The molecule has 2 heterocycles. The Morgan fingerprint density at radius 2 is 2.05 bits per heavy atom. The normalized spacial score (nSPS) is 16.2. The quantitative estimate of drug-likeness (QED) is 0.798. The summed E-state index contributed by atoms with van der Waals surface area (Å²) in [6.07, 6.45) is 4.05. The summed E-state index contributed by atoms with van der Waals surface area (Å²) in [5, 5.41) is 8.94. The van der Waals surface area contributed by atoms with E-state index in [2.05, 4.69) is 14.7 Å². The molecule has 1 aliphatic rings. The summed E-state index contributed by atoms with van der Waals surface area (Å²) in [6.45, 7) is 1.19. The Hall–Kier alpha value is -2.18. The summed E-state index contributed by atoms with van der Waals surface area (Å²) in [5.41, 5.74) is 0.153. The van der Waals surface area contributed by atoms with Gasteiger partial charge >= 0.3 is 11.9 Å². The predicted octanol–water partition coefficient (Wildman–Crippen LogP) is 0.564. The molecule has 1 fully saturated rings. The molecule has 19 heavy (non-hydrogen) atoms. The second-order valence-corrected chi connectivity index (χ2v) is 4.35. The molecule has 0 bridgehead atoms. The second-order valence-electron chi connectivity index (χ2n) is 4.35. The van der Waals surface area contributed by atoms with E-state index in [4.69, 9.17) is 5.11 Å². The maximum atomic E-state index is 11.4. The van der Waals surface area contributed by atoms with Gasteiger partial charge in [-0.2, -0.15) is 0 Å². The Labute approximate surface area is 110 Å². The van der Waals surface area contributed by atoms with Crippen molar-refractivity contribution in [2.24, 2.45) is 5.92 Å². The highest BCUT2D eigenvalue weighted by molar-refractivity contribution is 5.87. The number of rotatable bonds is 3. The second kappa shape index (κ2) is 5.64. The van der Waals surface area contributed by atoms with E-state index in [-0.39, 0.29) is 11.6 Å². The number of carboxylic acids is 1. The van der Waals surface area contributed by atoms with E-state index in [0.29, 0.717) is 31.7 Å². The number of anilines is 1. The summed E-state index contributed by atoms with van der Waals surface area (Å²) in [6, 6.07) is 0. The van der Waals surface area contributed by atoms with Gasteiger partial charge in [0.15, 0.2) is 5.69 Å². The van der Waals surface area contributed by atoms with E-state index in [9.17, 15) is 9.59 Å². The van der Waals surface area contributed by atoms with E-state index in [0.717, 1.165) is 0 Å². The highest BCUT2D eigenvalue weighted by Crippen LogP contribution is 2.21. The number of piperidine rings is 1. The van der Waals surface area contributed by atoms with Gasteiger partial charge < -0.3 is 14.7 Å². The summed E-state index contributed by atoms with van der Waals surface area (Å²) in [4.78, 5) is 32.3. The molecule has 1 aromatic heterocycles. The van der Waals surface area contributed by atoms with Gasteiger partial charge in [-0.25, -0.2) is 9.78 Å². The molecule has 102 valence electrons. The lowest BCUT2D eigenvalue weighted by Gasteiger charge is -2.30. The molecule has 7 nitrogen and oxygen atoms in total. The van der Waals surface area contributed by atoms with Crippen LogP contribution in [0.25, 0.3) is 0 Å². The number of nitrogens with zero attached hydrogens (tertiary/aromatic N) is 3. The smallest absolute Gasteiger partial charge is 0.358 e. The summed E-state index contributed by atoms with van der Waals surface area (Å²) in [5.74, 6) is -1.01. The molecule has 0 saturated carbocycles. The Kier molecular flexibility index (Phi) is 3.94. The molecule has 0 unspecified atom stereocenters. The van der Waals surface area contributed by atoms with E-state index in [1.165, 1.54) is 13.3 Å².